The van der Waals surface area contributed by atoms with Gasteiger partial charge in [-0.2, -0.15) is 26.3 Å². The summed E-state index contributed by atoms with van der Waals surface area (Å²) in [6.45, 7) is 4.56. The average molecular weight is 628 g/mol. The molecular formula is C26H28ClF6N3O4S. The fourth-order valence-electron chi connectivity index (χ4n) is 4.86. The number of benzene rings is 1. The largest absolute Gasteiger partial charge is 0.406 e. The molecule has 2 fully saturated rings. The smallest absolute Gasteiger partial charge is 0.387 e. The minimum absolute atomic E-state index is 0.00740. The number of carbonyl (C=O) groups excluding carboxylic acids is 2. The van der Waals surface area contributed by atoms with Gasteiger partial charge in [-0.15, -0.1) is 11.3 Å². The summed E-state index contributed by atoms with van der Waals surface area (Å²) >= 11 is 6.99. The molecule has 226 valence electrons. The molecule has 0 saturated carbocycles. The first-order valence-corrected chi connectivity index (χ1v) is 13.8. The van der Waals surface area contributed by atoms with Gasteiger partial charge < -0.3 is 20.0 Å². The van der Waals surface area contributed by atoms with Gasteiger partial charge in [0.15, 0.2) is 10.4 Å². The number of β-amino-alcohol motifs (C(OH)–C–C–N with tert-alkyl or cyclic N) is 1. The highest BCUT2D eigenvalue weighted by atomic mass is 35.5. The lowest BCUT2D eigenvalue weighted by atomic mass is 9.79. The predicted octanol–water partition coefficient (Wildman–Crippen LogP) is 5.43. The van der Waals surface area contributed by atoms with Crippen molar-refractivity contribution in [3.8, 4) is 10.4 Å². The van der Waals surface area contributed by atoms with E-state index < -0.39 is 51.4 Å². The molecule has 2 aliphatic heterocycles. The van der Waals surface area contributed by atoms with E-state index in [1.807, 2.05) is 6.92 Å². The minimum atomic E-state index is -5.69. The molecule has 0 spiro atoms. The summed E-state index contributed by atoms with van der Waals surface area (Å²) in [5.74, 6) is -1.24. The molecule has 2 amide bonds. The first-order valence-electron chi connectivity index (χ1n) is 12.6. The number of likely N-dealkylation sites (tertiary alicyclic amines) is 2. The van der Waals surface area contributed by atoms with Crippen LogP contribution >= 0.6 is 22.9 Å². The van der Waals surface area contributed by atoms with Crippen molar-refractivity contribution in [2.45, 2.75) is 75.5 Å². The Kier molecular flexibility index (Phi) is 7.76. The molecule has 7 nitrogen and oxygen atoms in total. The summed E-state index contributed by atoms with van der Waals surface area (Å²) in [4.78, 5) is 33.7. The van der Waals surface area contributed by atoms with Crippen molar-refractivity contribution in [3.63, 3.8) is 0 Å². The third-order valence-corrected chi connectivity index (χ3v) is 9.47. The first kappa shape index (κ1) is 31.5. The number of thiazole rings is 1. The van der Waals surface area contributed by atoms with E-state index in [1.165, 1.54) is 23.6 Å². The fourth-order valence-corrected chi connectivity index (χ4v) is 6.25. The number of hydrogen-bond donors (Lipinski definition) is 2. The highest BCUT2D eigenvalue weighted by molar-refractivity contribution is 7.17. The Balaban J connectivity index is 1.78. The van der Waals surface area contributed by atoms with E-state index in [0.717, 1.165) is 6.07 Å². The van der Waals surface area contributed by atoms with Gasteiger partial charge >= 0.3 is 12.4 Å². The van der Waals surface area contributed by atoms with Crippen LogP contribution in [0.15, 0.2) is 18.2 Å². The molecule has 1 aromatic heterocycles. The number of rotatable bonds is 5. The van der Waals surface area contributed by atoms with Crippen LogP contribution in [0.1, 0.15) is 66.4 Å². The van der Waals surface area contributed by atoms with Crippen molar-refractivity contribution in [2.75, 3.05) is 19.6 Å². The van der Waals surface area contributed by atoms with Gasteiger partial charge in [0.2, 0.25) is 0 Å². The first-order chi connectivity index (χ1) is 18.6. The molecule has 1 aromatic carbocycles. The van der Waals surface area contributed by atoms with Crippen LogP contribution in [0.5, 0.6) is 0 Å². The number of carbonyl (C=O) groups is 2. The molecule has 0 aliphatic carbocycles. The highest BCUT2D eigenvalue weighted by Crippen LogP contribution is 2.53. The second-order valence-electron chi connectivity index (χ2n) is 11.3. The Bertz CT molecular complexity index is 1350. The van der Waals surface area contributed by atoms with Crippen LogP contribution in [0, 0.1) is 0 Å². The minimum Gasteiger partial charge on any atom is -0.387 e. The zero-order chi connectivity index (χ0) is 30.9. The van der Waals surface area contributed by atoms with Crippen LogP contribution < -0.4 is 0 Å². The maximum Gasteiger partial charge on any atom is 0.406 e. The normalized spacial score (nSPS) is 19.9. The molecule has 2 saturated heterocycles. The zero-order valence-corrected chi connectivity index (χ0v) is 24.0. The van der Waals surface area contributed by atoms with Crippen molar-refractivity contribution in [1.82, 2.24) is 14.8 Å². The number of nitrogens with zero attached hydrogens (tertiary/aromatic N) is 3. The Hall–Kier alpha value is -2.42. The van der Waals surface area contributed by atoms with E-state index in [-0.39, 0.29) is 47.2 Å². The van der Waals surface area contributed by atoms with Gasteiger partial charge in [-0.25, -0.2) is 4.98 Å². The molecule has 0 bridgehead atoms. The third kappa shape index (κ3) is 5.21. The number of hydrogen-bond acceptors (Lipinski definition) is 6. The van der Waals surface area contributed by atoms with Crippen LogP contribution in [0.3, 0.4) is 0 Å². The molecule has 0 unspecified atom stereocenters. The molecule has 3 heterocycles. The van der Waals surface area contributed by atoms with Gasteiger partial charge in [0.1, 0.15) is 11.3 Å². The second-order valence-corrected chi connectivity index (χ2v) is 12.7. The molecule has 2 aliphatic rings. The molecule has 2 aromatic rings. The number of aliphatic hydroxyl groups is 2. The Morgan fingerprint density at radius 1 is 1.07 bits per heavy atom. The summed E-state index contributed by atoms with van der Waals surface area (Å²) in [5, 5.41) is 20.1. The van der Waals surface area contributed by atoms with Gasteiger partial charge in [0.25, 0.3) is 11.8 Å². The Morgan fingerprint density at radius 3 is 2.12 bits per heavy atom. The molecular weight excluding hydrogens is 600 g/mol. The summed E-state index contributed by atoms with van der Waals surface area (Å²) in [5.41, 5.74) is -8.72. The summed E-state index contributed by atoms with van der Waals surface area (Å²) in [6, 6.07) is 2.00. The summed E-state index contributed by atoms with van der Waals surface area (Å²) in [7, 11) is 0. The van der Waals surface area contributed by atoms with Crippen molar-refractivity contribution >= 4 is 34.8 Å². The lowest BCUT2D eigenvalue weighted by Crippen LogP contribution is -2.72. The summed E-state index contributed by atoms with van der Waals surface area (Å²) in [6.07, 6.45) is -9.95. The van der Waals surface area contributed by atoms with Gasteiger partial charge in [0, 0.05) is 23.2 Å². The predicted molar refractivity (Wildman–Crippen MR) is 139 cm³/mol. The highest BCUT2D eigenvalue weighted by Gasteiger charge is 2.68. The Labute approximate surface area is 240 Å². The van der Waals surface area contributed by atoms with Crippen LogP contribution in [-0.4, -0.2) is 86.0 Å². The number of aromatic nitrogens is 1. The van der Waals surface area contributed by atoms with E-state index in [2.05, 4.69) is 4.98 Å². The van der Waals surface area contributed by atoms with Crippen LogP contribution in [0.4, 0.5) is 26.3 Å². The number of amides is 2. The van der Waals surface area contributed by atoms with Crippen molar-refractivity contribution in [1.29, 1.82) is 0 Å². The molecule has 15 heteroatoms. The number of halogens is 7. The van der Waals surface area contributed by atoms with E-state index in [9.17, 15) is 46.1 Å². The maximum absolute atomic E-state index is 13.7. The van der Waals surface area contributed by atoms with Crippen LogP contribution in [0.25, 0.3) is 10.4 Å². The monoisotopic (exact) mass is 627 g/mol. The second kappa shape index (κ2) is 10.1. The molecule has 1 atom stereocenters. The molecule has 41 heavy (non-hydrogen) atoms. The van der Waals surface area contributed by atoms with Gasteiger partial charge in [-0.1, -0.05) is 23.7 Å². The summed E-state index contributed by atoms with van der Waals surface area (Å²) < 4.78 is 82.0. The SMILES string of the molecule is C[C@H]1CCCN1C(=O)c1nc(C(=O)N2CC(O)(C(C)(C)O)C2)sc1-c1ccc(C(C)(C(F)(F)F)C(F)(F)F)cc1Cl. The standard InChI is InChI=1S/C26H28ClF6N3O4S/c1-13-6-5-9-36(13)20(37)17-18(41-19(34-17)21(38)35-11-24(40,12-35)22(2,3)39)15-8-7-14(10-16(15)27)23(4,25(28,29)30)26(31,32)33/h7-8,10,13,39-40H,5-6,9,11-12H2,1-4H3/t13-/m0/s1. The molecule has 2 N–H and O–H groups in total. The van der Waals surface area contributed by atoms with Crippen molar-refractivity contribution in [3.05, 3.63) is 39.5 Å². The third-order valence-electron chi connectivity index (χ3n) is 8.08. The van der Waals surface area contributed by atoms with Gasteiger partial charge in [0.05, 0.1) is 23.6 Å². The van der Waals surface area contributed by atoms with Crippen LogP contribution in [-0.2, 0) is 5.41 Å². The Morgan fingerprint density at radius 2 is 1.66 bits per heavy atom. The average Bonchev–Trinajstić information content (AvgIpc) is 3.45. The van der Waals surface area contributed by atoms with E-state index in [4.69, 9.17) is 11.6 Å². The van der Waals surface area contributed by atoms with Gasteiger partial charge in [-0.05, 0) is 52.2 Å². The quantitative estimate of drug-likeness (QED) is 0.432. The maximum atomic E-state index is 13.7. The van der Waals surface area contributed by atoms with Crippen molar-refractivity contribution < 1.29 is 46.1 Å². The molecule has 0 radical (unpaired) electrons. The fraction of sp³-hybridized carbons (Fsp3) is 0.577. The lowest BCUT2D eigenvalue weighted by molar-refractivity contribution is -0.297. The zero-order valence-electron chi connectivity index (χ0n) is 22.5. The lowest BCUT2D eigenvalue weighted by Gasteiger charge is -2.52. The number of alkyl halides is 6. The van der Waals surface area contributed by atoms with E-state index >= 15 is 0 Å². The van der Waals surface area contributed by atoms with Crippen LogP contribution in [0.2, 0.25) is 5.02 Å². The van der Waals surface area contributed by atoms with Crippen molar-refractivity contribution in [2.24, 2.45) is 0 Å². The molecule has 4 rings (SSSR count). The van der Waals surface area contributed by atoms with Gasteiger partial charge in [-0.3, -0.25) is 9.59 Å². The topological polar surface area (TPSA) is 94.0 Å². The van der Waals surface area contributed by atoms with E-state index in [1.54, 1.807) is 0 Å². The van der Waals surface area contributed by atoms with E-state index in [0.29, 0.717) is 42.9 Å².